The van der Waals surface area contributed by atoms with Crippen LogP contribution in [0.2, 0.25) is 0 Å². The number of carboxylic acids is 1. The van der Waals surface area contributed by atoms with E-state index in [1.807, 2.05) is 0 Å². The fourth-order valence-corrected chi connectivity index (χ4v) is 2.65. The van der Waals surface area contributed by atoms with E-state index in [0.29, 0.717) is 6.42 Å². The van der Waals surface area contributed by atoms with Crippen LogP contribution in [-0.2, 0) is 4.79 Å². The molecule has 4 heteroatoms. The number of carbonyl (C=O) groups is 1. The molecule has 2 nitrogen and oxygen atoms in total. The van der Waals surface area contributed by atoms with Crippen LogP contribution in [0.3, 0.4) is 0 Å². The normalized spacial score (nSPS) is 9.86. The number of carboxylic acid groups (broad SMARTS) is 1. The smallest absolute Gasteiger partial charge is 1.00 e. The summed E-state index contributed by atoms with van der Waals surface area (Å²) in [6.45, 7) is 2.27. The van der Waals surface area contributed by atoms with E-state index in [9.17, 15) is 4.79 Å². The first-order valence-electron chi connectivity index (χ1n) is 8.99. The molecule has 0 unspecified atom stereocenters. The Hall–Kier alpha value is 1.40. The minimum Gasteiger partial charge on any atom is -1.00 e. The van der Waals surface area contributed by atoms with Crippen LogP contribution in [0, 0.1) is 0 Å². The minimum absolute atomic E-state index is 0. The van der Waals surface area contributed by atoms with Crippen molar-refractivity contribution in [3.05, 3.63) is 0 Å². The van der Waals surface area contributed by atoms with Crippen LogP contribution in [-0.4, -0.2) is 11.1 Å². The van der Waals surface area contributed by atoms with Gasteiger partial charge in [0, 0.05) is 6.42 Å². The van der Waals surface area contributed by atoms with Gasteiger partial charge in [-0.1, -0.05) is 96.8 Å². The van der Waals surface area contributed by atoms with Gasteiger partial charge in [0.1, 0.15) is 0 Å². The molecule has 0 aromatic heterocycles. The van der Waals surface area contributed by atoms with Gasteiger partial charge in [0.05, 0.1) is 0 Å². The average molecular weight is 359 g/mol. The van der Waals surface area contributed by atoms with Crippen LogP contribution in [0.25, 0.3) is 0 Å². The zero-order chi connectivity index (χ0) is 14.9. The number of hydrogen-bond donors (Lipinski definition) is 1. The van der Waals surface area contributed by atoms with Crippen molar-refractivity contribution in [2.24, 2.45) is 0 Å². The zero-order valence-corrected chi connectivity index (χ0v) is 18.9. The second-order valence-corrected chi connectivity index (χ2v) is 6.09. The summed E-state index contributed by atoms with van der Waals surface area (Å²) < 4.78 is 0. The summed E-state index contributed by atoms with van der Waals surface area (Å²) in [5.74, 6) is -0.653. The molecule has 1 N–H and O–H groups in total. The monoisotopic (exact) mass is 358 g/mol. The molecule has 0 aromatic carbocycles. The van der Waals surface area contributed by atoms with E-state index in [2.05, 4.69) is 6.92 Å². The Morgan fingerprint density at radius 1 is 0.636 bits per heavy atom. The Kier molecular flexibility index (Phi) is 31.6. The predicted molar refractivity (Wildman–Crippen MR) is 87.2 cm³/mol. The standard InChI is InChI=1S/C18H36O2.ClH.K/c1-2-3-4-5-6-7-8-9-10-11-12-13-14-15-16-17-18(19)20;;/h2-17H2,1H3,(H,19,20);1H;/q;;+1/p-1. The Bertz CT molecular complexity index is 213. The number of hydrogen-bond acceptors (Lipinski definition) is 1. The number of unbranched alkanes of at least 4 members (excludes halogenated alkanes) is 14. The van der Waals surface area contributed by atoms with Gasteiger partial charge in [-0.05, 0) is 6.42 Å². The van der Waals surface area contributed by atoms with Crippen molar-refractivity contribution in [2.75, 3.05) is 0 Å². The fraction of sp³-hybridized carbons (Fsp3) is 0.944. The predicted octanol–water partition coefficient (Wildman–Crippen LogP) is 0.341. The van der Waals surface area contributed by atoms with Crippen LogP contribution < -0.4 is 63.8 Å². The third-order valence-electron chi connectivity index (χ3n) is 3.99. The van der Waals surface area contributed by atoms with Crippen molar-refractivity contribution < 1.29 is 73.7 Å². The zero-order valence-electron chi connectivity index (χ0n) is 15.0. The molecule has 0 aliphatic rings. The maximum absolute atomic E-state index is 10.3. The molecule has 0 saturated carbocycles. The molecule has 0 aliphatic heterocycles. The first-order chi connectivity index (χ1) is 9.77. The van der Waals surface area contributed by atoms with Gasteiger partial charge >= 0.3 is 57.4 Å². The molecule has 0 heterocycles. The molecule has 0 rings (SSSR count). The molecule has 0 bridgehead atoms. The molecular weight excluding hydrogens is 323 g/mol. The Labute approximate surface area is 187 Å². The average Bonchev–Trinajstić information content (AvgIpc) is 2.43. The fourth-order valence-electron chi connectivity index (χ4n) is 2.65. The Morgan fingerprint density at radius 3 is 1.18 bits per heavy atom. The number of aliphatic carboxylic acids is 1. The third-order valence-corrected chi connectivity index (χ3v) is 3.99. The molecule has 0 spiro atoms. The topological polar surface area (TPSA) is 37.3 Å². The van der Waals surface area contributed by atoms with Gasteiger partial charge in [-0.15, -0.1) is 0 Å². The van der Waals surface area contributed by atoms with E-state index in [4.69, 9.17) is 5.11 Å². The van der Waals surface area contributed by atoms with Crippen molar-refractivity contribution in [2.45, 2.75) is 110 Å². The van der Waals surface area contributed by atoms with Gasteiger partial charge in [0.15, 0.2) is 0 Å². The minimum atomic E-state index is -0.653. The summed E-state index contributed by atoms with van der Waals surface area (Å²) in [5, 5.41) is 8.52. The van der Waals surface area contributed by atoms with Crippen molar-refractivity contribution >= 4 is 5.97 Å². The SMILES string of the molecule is CCCCCCCCCCCCCCCCCC(=O)O.[Cl-].[K+]. The molecule has 22 heavy (non-hydrogen) atoms. The Morgan fingerprint density at radius 2 is 0.909 bits per heavy atom. The summed E-state index contributed by atoms with van der Waals surface area (Å²) in [5.41, 5.74) is 0. The van der Waals surface area contributed by atoms with Gasteiger partial charge in [0.25, 0.3) is 0 Å². The van der Waals surface area contributed by atoms with Gasteiger partial charge in [-0.2, -0.15) is 0 Å². The van der Waals surface area contributed by atoms with Crippen molar-refractivity contribution in [1.82, 2.24) is 0 Å². The van der Waals surface area contributed by atoms with Gasteiger partial charge in [-0.25, -0.2) is 0 Å². The van der Waals surface area contributed by atoms with Gasteiger partial charge in [0.2, 0.25) is 0 Å². The maximum atomic E-state index is 10.3. The maximum Gasteiger partial charge on any atom is 1.00 e. The quantitative estimate of drug-likeness (QED) is 0.319. The van der Waals surface area contributed by atoms with E-state index < -0.39 is 5.97 Å². The van der Waals surface area contributed by atoms with Crippen molar-refractivity contribution in [3.8, 4) is 0 Å². The summed E-state index contributed by atoms with van der Waals surface area (Å²) in [4.78, 5) is 10.3. The molecule has 0 aliphatic carbocycles. The number of rotatable bonds is 16. The summed E-state index contributed by atoms with van der Waals surface area (Å²) in [6, 6.07) is 0. The summed E-state index contributed by atoms with van der Waals surface area (Å²) >= 11 is 0. The molecule has 0 atom stereocenters. The molecule has 0 fully saturated rings. The van der Waals surface area contributed by atoms with Gasteiger partial charge in [-0.3, -0.25) is 4.79 Å². The molecule has 128 valence electrons. The first-order valence-corrected chi connectivity index (χ1v) is 8.99. The van der Waals surface area contributed by atoms with Crippen LogP contribution in [0.15, 0.2) is 0 Å². The van der Waals surface area contributed by atoms with Crippen molar-refractivity contribution in [1.29, 1.82) is 0 Å². The second kappa shape index (κ2) is 24.6. The van der Waals surface area contributed by atoms with Crippen LogP contribution in [0.5, 0.6) is 0 Å². The molecular formula is C18H36ClKO2. The van der Waals surface area contributed by atoms with Gasteiger partial charge < -0.3 is 17.5 Å². The van der Waals surface area contributed by atoms with E-state index in [0.717, 1.165) is 12.8 Å². The van der Waals surface area contributed by atoms with Crippen LogP contribution in [0.4, 0.5) is 0 Å². The van der Waals surface area contributed by atoms with Crippen LogP contribution in [0.1, 0.15) is 110 Å². The largest absolute Gasteiger partial charge is 1.00 e. The van der Waals surface area contributed by atoms with E-state index in [1.165, 1.54) is 83.5 Å². The van der Waals surface area contributed by atoms with E-state index in [1.54, 1.807) is 0 Å². The Balaban J connectivity index is -0.00000180. The molecule has 0 amide bonds. The summed E-state index contributed by atoms with van der Waals surface area (Å²) in [6.07, 6.45) is 20.2. The first kappa shape index (κ1) is 28.2. The van der Waals surface area contributed by atoms with E-state index >= 15 is 0 Å². The van der Waals surface area contributed by atoms with E-state index in [-0.39, 0.29) is 63.8 Å². The molecule has 0 saturated heterocycles. The van der Waals surface area contributed by atoms with Crippen LogP contribution >= 0.6 is 0 Å². The number of halogens is 1. The summed E-state index contributed by atoms with van der Waals surface area (Å²) in [7, 11) is 0. The third kappa shape index (κ3) is 26.3. The molecule has 0 radical (unpaired) electrons. The molecule has 0 aromatic rings. The van der Waals surface area contributed by atoms with Crippen molar-refractivity contribution in [3.63, 3.8) is 0 Å². The second-order valence-electron chi connectivity index (χ2n) is 6.09.